The van der Waals surface area contributed by atoms with Crippen molar-refractivity contribution in [2.45, 2.75) is 85.4 Å². The molecule has 0 rings (SSSR count). The fourth-order valence-corrected chi connectivity index (χ4v) is 3.20. The highest BCUT2D eigenvalue weighted by molar-refractivity contribution is 5.77. The molecule has 2 amide bonds. The maximum atomic E-state index is 12.2. The molecular formula is C26H47N3O7. The first-order valence-corrected chi connectivity index (χ1v) is 12.6. The number of nitrogens with zero attached hydrogens (tertiary/aromatic N) is 1. The second-order valence-electron chi connectivity index (χ2n) is 10.7. The summed E-state index contributed by atoms with van der Waals surface area (Å²) in [6.45, 7) is 15.5. The van der Waals surface area contributed by atoms with E-state index in [0.29, 0.717) is 72.0 Å². The van der Waals surface area contributed by atoms with E-state index >= 15 is 0 Å². The maximum Gasteiger partial charge on any atom is 0.222 e. The van der Waals surface area contributed by atoms with Crippen LogP contribution in [0.1, 0.15) is 74.1 Å². The normalized spacial score (nSPS) is 12.2. The second kappa shape index (κ2) is 17.4. The van der Waals surface area contributed by atoms with Crippen LogP contribution in [-0.4, -0.2) is 81.5 Å². The number of carbonyl (C=O) groups is 3. The van der Waals surface area contributed by atoms with Crippen LogP contribution < -0.4 is 10.6 Å². The number of Topliss-reactive ketones (excluding diaryl/α,β-unsaturated/α-hetero) is 1. The molecule has 0 aromatic heterocycles. The molecule has 0 saturated carbocycles. The molecule has 0 aliphatic heterocycles. The van der Waals surface area contributed by atoms with Gasteiger partial charge in [-0.05, 0) is 54.9 Å². The van der Waals surface area contributed by atoms with Crippen LogP contribution in [0.4, 0.5) is 0 Å². The molecule has 0 aromatic carbocycles. The van der Waals surface area contributed by atoms with Crippen LogP contribution in [0.25, 0.3) is 0 Å². The highest BCUT2D eigenvalue weighted by Crippen LogP contribution is 2.20. The van der Waals surface area contributed by atoms with Crippen LogP contribution in [0.2, 0.25) is 0 Å². The zero-order valence-electron chi connectivity index (χ0n) is 23.3. The van der Waals surface area contributed by atoms with Crippen LogP contribution in [0.3, 0.4) is 0 Å². The lowest BCUT2D eigenvalue weighted by atomic mass is 9.90. The minimum Gasteiger partial charge on any atom is -0.377 e. The van der Waals surface area contributed by atoms with Gasteiger partial charge in [0.25, 0.3) is 0 Å². The first-order chi connectivity index (χ1) is 16.7. The van der Waals surface area contributed by atoms with E-state index in [1.165, 1.54) is 6.92 Å². The first-order valence-electron chi connectivity index (χ1n) is 12.6. The molecule has 10 nitrogen and oxygen atoms in total. The predicted octanol–water partition coefficient (Wildman–Crippen LogP) is 2.54. The van der Waals surface area contributed by atoms with Gasteiger partial charge < -0.3 is 29.6 Å². The predicted molar refractivity (Wildman–Crippen MR) is 136 cm³/mol. The number of hydrogen-bond acceptors (Lipinski definition) is 8. The van der Waals surface area contributed by atoms with Crippen molar-refractivity contribution in [3.05, 3.63) is 0 Å². The second-order valence-corrected chi connectivity index (χ2v) is 10.7. The Hall–Kier alpha value is -2.06. The van der Waals surface area contributed by atoms with Crippen LogP contribution in [0, 0.1) is 16.7 Å². The van der Waals surface area contributed by atoms with Gasteiger partial charge in [-0.3, -0.25) is 14.4 Å². The van der Waals surface area contributed by atoms with E-state index < -0.39 is 16.6 Å². The smallest absolute Gasteiger partial charge is 0.222 e. The fraction of sp³-hybridized carbons (Fsp3) is 0.846. The van der Waals surface area contributed by atoms with Crippen molar-refractivity contribution >= 4 is 17.6 Å². The number of amides is 2. The van der Waals surface area contributed by atoms with Crippen LogP contribution >= 0.6 is 0 Å². The van der Waals surface area contributed by atoms with E-state index in [0.717, 1.165) is 0 Å². The number of rotatable bonds is 21. The van der Waals surface area contributed by atoms with Crippen molar-refractivity contribution in [1.82, 2.24) is 10.6 Å². The Morgan fingerprint density at radius 1 is 0.722 bits per heavy atom. The molecule has 0 saturated heterocycles. The Morgan fingerprint density at radius 3 is 1.67 bits per heavy atom. The molecule has 0 aliphatic rings. The van der Waals surface area contributed by atoms with Gasteiger partial charge in [-0.1, -0.05) is 0 Å². The summed E-state index contributed by atoms with van der Waals surface area (Å²) in [6.07, 6.45) is 1.37. The van der Waals surface area contributed by atoms with Gasteiger partial charge in [-0.25, -0.2) is 0 Å². The number of ketones is 1. The fourth-order valence-electron chi connectivity index (χ4n) is 3.20. The summed E-state index contributed by atoms with van der Waals surface area (Å²) in [5.41, 5.74) is -1.66. The molecular weight excluding hydrogens is 466 g/mol. The highest BCUT2D eigenvalue weighted by atomic mass is 16.5. The van der Waals surface area contributed by atoms with Crippen LogP contribution in [-0.2, 0) is 33.3 Å². The number of nitriles is 1. The average molecular weight is 514 g/mol. The van der Waals surface area contributed by atoms with Gasteiger partial charge in [-0.15, -0.1) is 0 Å². The van der Waals surface area contributed by atoms with Gasteiger partial charge in [0.15, 0.2) is 0 Å². The van der Waals surface area contributed by atoms with E-state index in [1.807, 2.05) is 41.5 Å². The van der Waals surface area contributed by atoms with Gasteiger partial charge in [0.1, 0.15) is 5.78 Å². The van der Waals surface area contributed by atoms with E-state index in [-0.39, 0.29) is 24.0 Å². The lowest BCUT2D eigenvalue weighted by molar-refractivity contribution is -0.128. The summed E-state index contributed by atoms with van der Waals surface area (Å²) in [4.78, 5) is 35.1. The molecule has 10 heteroatoms. The van der Waals surface area contributed by atoms with Crippen molar-refractivity contribution in [3.63, 3.8) is 0 Å². The molecule has 0 fully saturated rings. The Kier molecular flexibility index (Phi) is 16.4. The Labute approximate surface area is 216 Å². The van der Waals surface area contributed by atoms with E-state index in [9.17, 15) is 14.4 Å². The van der Waals surface area contributed by atoms with Gasteiger partial charge in [0, 0.05) is 25.9 Å². The topological polar surface area (TPSA) is 136 Å². The van der Waals surface area contributed by atoms with Crippen LogP contribution in [0.15, 0.2) is 0 Å². The summed E-state index contributed by atoms with van der Waals surface area (Å²) >= 11 is 0. The lowest BCUT2D eigenvalue weighted by Gasteiger charge is -2.25. The maximum absolute atomic E-state index is 12.2. The summed E-state index contributed by atoms with van der Waals surface area (Å²) in [5, 5.41) is 14.5. The molecule has 0 atom stereocenters. The van der Waals surface area contributed by atoms with Crippen LogP contribution in [0.5, 0.6) is 0 Å². The SMILES string of the molecule is CC(=O)CC(C)(C)OCCOCCNC(=O)CC(C)(C)OCCOCCNC(=O)CCC(C)(C)C#N. The molecule has 0 spiro atoms. The molecule has 0 bridgehead atoms. The summed E-state index contributed by atoms with van der Waals surface area (Å²) in [6, 6.07) is 2.18. The van der Waals surface area contributed by atoms with E-state index in [1.54, 1.807) is 0 Å². The molecule has 0 radical (unpaired) electrons. The van der Waals surface area contributed by atoms with E-state index in [4.69, 9.17) is 24.2 Å². The number of hydrogen-bond donors (Lipinski definition) is 2. The zero-order valence-corrected chi connectivity index (χ0v) is 23.3. The van der Waals surface area contributed by atoms with Crippen molar-refractivity contribution in [3.8, 4) is 6.07 Å². The third-order valence-corrected chi connectivity index (χ3v) is 5.12. The monoisotopic (exact) mass is 513 g/mol. The van der Waals surface area contributed by atoms with Crippen molar-refractivity contribution in [1.29, 1.82) is 5.26 Å². The summed E-state index contributed by atoms with van der Waals surface area (Å²) in [7, 11) is 0. The van der Waals surface area contributed by atoms with Gasteiger partial charge in [-0.2, -0.15) is 5.26 Å². The minimum atomic E-state index is -0.647. The molecule has 0 heterocycles. The molecule has 0 aliphatic carbocycles. The van der Waals surface area contributed by atoms with Crippen molar-refractivity contribution in [2.75, 3.05) is 52.7 Å². The van der Waals surface area contributed by atoms with E-state index in [2.05, 4.69) is 16.7 Å². The lowest BCUT2D eigenvalue weighted by Crippen LogP contribution is -2.36. The Balaban J connectivity index is 3.78. The summed E-state index contributed by atoms with van der Waals surface area (Å²) in [5.74, 6) is -0.152. The number of carbonyl (C=O) groups excluding carboxylic acids is 3. The number of nitrogens with one attached hydrogen (secondary N) is 2. The third kappa shape index (κ3) is 20.2. The molecule has 2 N–H and O–H groups in total. The molecule has 208 valence electrons. The summed E-state index contributed by atoms with van der Waals surface area (Å²) < 4.78 is 22.3. The van der Waals surface area contributed by atoms with Gasteiger partial charge in [0.2, 0.25) is 11.8 Å². The number of ether oxygens (including phenoxy) is 4. The van der Waals surface area contributed by atoms with Crippen molar-refractivity contribution in [2.24, 2.45) is 5.41 Å². The minimum absolute atomic E-state index is 0.0812. The third-order valence-electron chi connectivity index (χ3n) is 5.12. The molecule has 36 heavy (non-hydrogen) atoms. The Morgan fingerprint density at radius 2 is 1.19 bits per heavy atom. The quantitative estimate of drug-likeness (QED) is 0.224. The largest absolute Gasteiger partial charge is 0.377 e. The zero-order chi connectivity index (χ0) is 27.7. The first kappa shape index (κ1) is 33.9. The van der Waals surface area contributed by atoms with Gasteiger partial charge >= 0.3 is 0 Å². The Bertz CT molecular complexity index is 715. The standard InChI is InChI=1S/C26H47N3O7/c1-21(30)18-25(4,5)35-16-14-34-13-11-29-23(32)19-26(6,7)36-17-15-33-12-10-28-22(31)8-9-24(2,3)20-27/h8-19H2,1-7H3,(H,28,31)(H,29,32). The highest BCUT2D eigenvalue weighted by Gasteiger charge is 2.23. The van der Waals surface area contributed by atoms with Gasteiger partial charge in [0.05, 0.1) is 68.7 Å². The molecule has 0 unspecified atom stereocenters. The molecule has 0 aromatic rings. The average Bonchev–Trinajstić information content (AvgIpc) is 2.75. The van der Waals surface area contributed by atoms with Crippen molar-refractivity contribution < 1.29 is 33.3 Å².